The van der Waals surface area contributed by atoms with Gasteiger partial charge in [0.25, 0.3) is 0 Å². The largest absolute Gasteiger partial charge is 0.389 e. The van der Waals surface area contributed by atoms with Crippen LogP contribution in [0.15, 0.2) is 54.6 Å². The van der Waals surface area contributed by atoms with E-state index in [0.717, 1.165) is 30.6 Å². The Morgan fingerprint density at radius 3 is 2.45 bits per heavy atom. The van der Waals surface area contributed by atoms with Gasteiger partial charge in [-0.1, -0.05) is 41.7 Å². The SMILES string of the molecule is Nc1sc(=S)n(-c2ccccc2)c1-c1nc2ccccc2s1. The molecule has 0 saturated heterocycles. The van der Waals surface area contributed by atoms with Crippen molar-refractivity contribution in [2.45, 2.75) is 0 Å². The van der Waals surface area contributed by atoms with Gasteiger partial charge in [-0.3, -0.25) is 4.57 Å². The van der Waals surface area contributed by atoms with E-state index in [9.17, 15) is 0 Å². The first-order valence-corrected chi connectivity index (χ1v) is 8.71. The van der Waals surface area contributed by atoms with Crippen LogP contribution in [0.5, 0.6) is 0 Å². The second kappa shape index (κ2) is 5.31. The number of hydrogen-bond donors (Lipinski definition) is 1. The maximum atomic E-state index is 6.23. The van der Waals surface area contributed by atoms with Gasteiger partial charge >= 0.3 is 0 Å². The Bertz CT molecular complexity index is 979. The number of nitrogens with zero attached hydrogens (tertiary/aromatic N) is 2. The molecule has 0 radical (unpaired) electrons. The number of hydrogen-bond acceptors (Lipinski definition) is 5. The molecule has 2 N–H and O–H groups in total. The predicted octanol–water partition coefficient (Wildman–Crippen LogP) is 5.13. The summed E-state index contributed by atoms with van der Waals surface area (Å²) in [6.45, 7) is 0. The van der Waals surface area contributed by atoms with E-state index in [0.29, 0.717) is 5.00 Å². The summed E-state index contributed by atoms with van der Waals surface area (Å²) >= 11 is 8.55. The van der Waals surface area contributed by atoms with Gasteiger partial charge in [0, 0.05) is 5.69 Å². The number of benzene rings is 2. The Kier molecular flexibility index (Phi) is 3.29. The van der Waals surface area contributed by atoms with Gasteiger partial charge in [-0.15, -0.1) is 11.3 Å². The van der Waals surface area contributed by atoms with Crippen LogP contribution in [-0.2, 0) is 0 Å². The Hall–Kier alpha value is -2.02. The van der Waals surface area contributed by atoms with Crippen LogP contribution < -0.4 is 5.73 Å². The van der Waals surface area contributed by atoms with Gasteiger partial charge in [-0.2, -0.15) is 0 Å². The minimum atomic E-state index is 0.702. The lowest BCUT2D eigenvalue weighted by Crippen LogP contribution is -1.98. The highest BCUT2D eigenvalue weighted by atomic mass is 32.1. The maximum Gasteiger partial charge on any atom is 0.168 e. The van der Waals surface area contributed by atoms with Crippen molar-refractivity contribution in [3.8, 4) is 16.4 Å². The maximum absolute atomic E-state index is 6.23. The molecule has 0 aliphatic carbocycles. The topological polar surface area (TPSA) is 43.8 Å². The number of fused-ring (bicyclic) bond motifs is 1. The van der Waals surface area contributed by atoms with Crippen molar-refractivity contribution in [2.75, 3.05) is 5.73 Å². The quantitative estimate of drug-likeness (QED) is 0.514. The van der Waals surface area contributed by atoms with Crippen LogP contribution >= 0.6 is 34.9 Å². The van der Waals surface area contributed by atoms with Gasteiger partial charge in [-0.25, -0.2) is 4.98 Å². The minimum Gasteiger partial charge on any atom is -0.389 e. The van der Waals surface area contributed by atoms with Crippen LogP contribution in [0, 0.1) is 3.95 Å². The molecule has 0 bridgehead atoms. The van der Waals surface area contributed by atoms with Crippen molar-refractivity contribution in [1.29, 1.82) is 0 Å². The van der Waals surface area contributed by atoms with E-state index in [-0.39, 0.29) is 0 Å². The van der Waals surface area contributed by atoms with E-state index in [2.05, 4.69) is 6.07 Å². The molecule has 2 aromatic heterocycles. The molecule has 0 atom stereocenters. The molecule has 4 rings (SSSR count). The summed E-state index contributed by atoms with van der Waals surface area (Å²) in [7, 11) is 0. The van der Waals surface area contributed by atoms with E-state index in [1.807, 2.05) is 53.1 Å². The van der Waals surface area contributed by atoms with Crippen LogP contribution in [0.3, 0.4) is 0 Å². The van der Waals surface area contributed by atoms with E-state index >= 15 is 0 Å². The minimum absolute atomic E-state index is 0.702. The summed E-state index contributed by atoms with van der Waals surface area (Å²) in [5.74, 6) is 0. The van der Waals surface area contributed by atoms with Crippen molar-refractivity contribution < 1.29 is 0 Å². The molecule has 4 aromatic rings. The molecule has 0 amide bonds. The highest BCUT2D eigenvalue weighted by Crippen LogP contribution is 2.38. The lowest BCUT2D eigenvalue weighted by Gasteiger charge is -2.06. The van der Waals surface area contributed by atoms with Gasteiger partial charge in [0.15, 0.2) is 3.95 Å². The number of nitrogen functional groups attached to an aromatic ring is 1. The summed E-state index contributed by atoms with van der Waals surface area (Å²) in [4.78, 5) is 4.72. The third-order valence-electron chi connectivity index (χ3n) is 3.35. The Morgan fingerprint density at radius 1 is 0.955 bits per heavy atom. The molecule has 0 unspecified atom stereocenters. The zero-order valence-electron chi connectivity index (χ0n) is 11.4. The average Bonchev–Trinajstić information content (AvgIpc) is 3.08. The standard InChI is InChI=1S/C16H11N3S3/c17-14-13(15-18-11-8-4-5-9-12(11)21-15)19(16(20)22-14)10-6-2-1-3-7-10/h1-9H,17H2. The van der Waals surface area contributed by atoms with Gasteiger partial charge in [0.05, 0.1) is 10.2 Å². The molecule has 108 valence electrons. The van der Waals surface area contributed by atoms with Crippen molar-refractivity contribution in [2.24, 2.45) is 0 Å². The number of aromatic nitrogens is 2. The zero-order chi connectivity index (χ0) is 15.1. The van der Waals surface area contributed by atoms with E-state index in [1.54, 1.807) is 11.3 Å². The molecule has 0 spiro atoms. The molecule has 0 fully saturated rings. The van der Waals surface area contributed by atoms with Crippen LogP contribution in [0.2, 0.25) is 0 Å². The second-order valence-electron chi connectivity index (χ2n) is 4.74. The summed E-state index contributed by atoms with van der Waals surface area (Å²) in [5.41, 5.74) is 9.12. The molecule has 0 saturated carbocycles. The Morgan fingerprint density at radius 2 is 1.68 bits per heavy atom. The summed E-state index contributed by atoms with van der Waals surface area (Å²) in [6, 6.07) is 18.1. The summed E-state index contributed by atoms with van der Waals surface area (Å²) in [5, 5.41) is 1.60. The lowest BCUT2D eigenvalue weighted by atomic mass is 10.3. The molecule has 3 nitrogen and oxygen atoms in total. The van der Waals surface area contributed by atoms with Crippen molar-refractivity contribution >= 4 is 50.1 Å². The van der Waals surface area contributed by atoms with Crippen molar-refractivity contribution in [3.05, 3.63) is 58.6 Å². The highest BCUT2D eigenvalue weighted by Gasteiger charge is 2.17. The summed E-state index contributed by atoms with van der Waals surface area (Å²) in [6.07, 6.45) is 0. The first-order valence-electron chi connectivity index (χ1n) is 6.67. The molecular formula is C16H11N3S3. The first kappa shape index (κ1) is 13.6. The molecule has 2 aromatic carbocycles. The van der Waals surface area contributed by atoms with Crippen LogP contribution in [0.4, 0.5) is 5.00 Å². The van der Waals surface area contributed by atoms with Crippen molar-refractivity contribution in [1.82, 2.24) is 9.55 Å². The third-order valence-corrected chi connectivity index (χ3v) is 5.59. The van der Waals surface area contributed by atoms with Crippen LogP contribution in [0.25, 0.3) is 26.6 Å². The van der Waals surface area contributed by atoms with Gasteiger partial charge in [0.2, 0.25) is 0 Å². The Balaban J connectivity index is 2.01. The lowest BCUT2D eigenvalue weighted by molar-refractivity contribution is 1.08. The van der Waals surface area contributed by atoms with Gasteiger partial charge in [0.1, 0.15) is 15.7 Å². The van der Waals surface area contributed by atoms with E-state index in [4.69, 9.17) is 22.9 Å². The van der Waals surface area contributed by atoms with E-state index < -0.39 is 0 Å². The molecule has 0 aliphatic rings. The van der Waals surface area contributed by atoms with Crippen LogP contribution in [-0.4, -0.2) is 9.55 Å². The fourth-order valence-corrected chi connectivity index (χ4v) is 4.68. The zero-order valence-corrected chi connectivity index (χ0v) is 13.8. The highest BCUT2D eigenvalue weighted by molar-refractivity contribution is 7.73. The smallest absolute Gasteiger partial charge is 0.168 e. The van der Waals surface area contributed by atoms with Gasteiger partial charge in [-0.05, 0) is 36.5 Å². The van der Waals surface area contributed by atoms with Crippen molar-refractivity contribution in [3.63, 3.8) is 0 Å². The molecule has 0 aliphatic heterocycles. The molecule has 2 heterocycles. The third kappa shape index (κ3) is 2.16. The number of nitrogens with two attached hydrogens (primary N) is 1. The molecular weight excluding hydrogens is 330 g/mol. The Labute approximate surface area is 140 Å². The average molecular weight is 341 g/mol. The fourth-order valence-electron chi connectivity index (χ4n) is 2.38. The molecule has 6 heteroatoms. The number of para-hydroxylation sites is 2. The summed E-state index contributed by atoms with van der Waals surface area (Å²) < 4.78 is 3.89. The van der Waals surface area contributed by atoms with Gasteiger partial charge < -0.3 is 5.73 Å². The van der Waals surface area contributed by atoms with E-state index in [1.165, 1.54) is 11.3 Å². The number of thiazole rings is 2. The monoisotopic (exact) mass is 341 g/mol. The first-order chi connectivity index (χ1) is 10.7. The molecule has 22 heavy (non-hydrogen) atoms. The number of rotatable bonds is 2. The fraction of sp³-hybridized carbons (Fsp3) is 0. The second-order valence-corrected chi connectivity index (χ2v) is 7.44. The normalized spacial score (nSPS) is 11.1. The number of anilines is 1. The van der Waals surface area contributed by atoms with Crippen LogP contribution in [0.1, 0.15) is 0 Å². The predicted molar refractivity (Wildman–Crippen MR) is 97.5 cm³/mol.